The normalized spacial score (nSPS) is 24.3. The van der Waals surface area contributed by atoms with E-state index in [-0.39, 0.29) is 0 Å². The molecule has 18 heavy (non-hydrogen) atoms. The van der Waals surface area contributed by atoms with Gasteiger partial charge in [-0.25, -0.2) is 4.98 Å². The minimum atomic E-state index is 0.611. The van der Waals surface area contributed by atoms with Crippen LogP contribution < -0.4 is 5.32 Å². The van der Waals surface area contributed by atoms with Gasteiger partial charge < -0.3 is 5.32 Å². The maximum atomic E-state index is 4.75. The van der Waals surface area contributed by atoms with Gasteiger partial charge in [-0.3, -0.25) is 0 Å². The van der Waals surface area contributed by atoms with Crippen LogP contribution in [-0.4, -0.2) is 11.0 Å². The number of para-hydroxylation sites is 1. The summed E-state index contributed by atoms with van der Waals surface area (Å²) in [6.45, 7) is 4.49. The third-order valence-electron chi connectivity index (χ3n) is 4.04. The second-order valence-electron chi connectivity index (χ2n) is 5.45. The summed E-state index contributed by atoms with van der Waals surface area (Å²) in [5.74, 6) is 0.770. The molecule has 3 heteroatoms. The fourth-order valence-corrected chi connectivity index (χ4v) is 3.84. The number of hydrogen-bond donors (Lipinski definition) is 1. The van der Waals surface area contributed by atoms with Gasteiger partial charge in [-0.15, -0.1) is 0 Å². The van der Waals surface area contributed by atoms with Crippen molar-refractivity contribution in [1.82, 2.24) is 4.98 Å². The maximum absolute atomic E-state index is 4.75. The van der Waals surface area contributed by atoms with Crippen LogP contribution in [0.15, 0.2) is 18.2 Å². The maximum Gasteiger partial charge on any atom is 0.184 e. The number of nitrogens with zero attached hydrogens (tertiary/aromatic N) is 1. The van der Waals surface area contributed by atoms with Gasteiger partial charge in [0.1, 0.15) is 0 Å². The van der Waals surface area contributed by atoms with Crippen molar-refractivity contribution in [1.29, 1.82) is 0 Å². The summed E-state index contributed by atoms with van der Waals surface area (Å²) in [7, 11) is 0. The Hall–Kier alpha value is -1.09. The van der Waals surface area contributed by atoms with Crippen LogP contribution in [-0.2, 0) is 0 Å². The third-order valence-corrected chi connectivity index (χ3v) is 4.99. The second kappa shape index (κ2) is 4.88. The van der Waals surface area contributed by atoms with Crippen LogP contribution in [0.3, 0.4) is 0 Å². The molecule has 96 valence electrons. The highest BCUT2D eigenvalue weighted by Gasteiger charge is 2.22. The standard InChI is InChI=1S/C15H20N2S/c1-10-6-3-4-8-12(10)16-15-17-14-11(2)7-5-9-13(14)18-15/h5,7,9-10,12H,3-4,6,8H2,1-2H3,(H,16,17). The highest BCUT2D eigenvalue weighted by molar-refractivity contribution is 7.22. The number of rotatable bonds is 2. The van der Waals surface area contributed by atoms with Crippen molar-refractivity contribution >= 4 is 26.7 Å². The summed E-state index contributed by atoms with van der Waals surface area (Å²) in [6, 6.07) is 7.02. The van der Waals surface area contributed by atoms with Gasteiger partial charge in [-0.1, -0.05) is 43.2 Å². The van der Waals surface area contributed by atoms with Crippen LogP contribution in [0.25, 0.3) is 10.2 Å². The third kappa shape index (κ3) is 2.24. The van der Waals surface area contributed by atoms with Crippen molar-refractivity contribution in [2.24, 2.45) is 5.92 Å². The molecule has 1 aromatic heterocycles. The van der Waals surface area contributed by atoms with Gasteiger partial charge in [-0.05, 0) is 37.3 Å². The molecule has 3 rings (SSSR count). The van der Waals surface area contributed by atoms with E-state index in [9.17, 15) is 0 Å². The molecule has 0 spiro atoms. The number of anilines is 1. The van der Waals surface area contributed by atoms with Gasteiger partial charge in [-0.2, -0.15) is 0 Å². The van der Waals surface area contributed by atoms with Crippen LogP contribution >= 0.6 is 11.3 Å². The average molecular weight is 260 g/mol. The van der Waals surface area contributed by atoms with Gasteiger partial charge >= 0.3 is 0 Å². The summed E-state index contributed by atoms with van der Waals surface area (Å²) in [5, 5.41) is 4.75. The first-order chi connectivity index (χ1) is 8.74. The molecule has 1 aliphatic rings. The fourth-order valence-electron chi connectivity index (χ4n) is 2.84. The Morgan fingerprint density at radius 3 is 2.89 bits per heavy atom. The Morgan fingerprint density at radius 2 is 2.11 bits per heavy atom. The molecular formula is C15H20N2S. The molecule has 2 nitrogen and oxygen atoms in total. The van der Waals surface area contributed by atoms with E-state index < -0.39 is 0 Å². The van der Waals surface area contributed by atoms with Crippen molar-refractivity contribution in [3.8, 4) is 0 Å². The molecule has 2 aromatic rings. The Kier molecular flexibility index (Phi) is 3.25. The summed E-state index contributed by atoms with van der Waals surface area (Å²) in [6.07, 6.45) is 5.38. The highest BCUT2D eigenvalue weighted by atomic mass is 32.1. The first kappa shape index (κ1) is 12.0. The van der Waals surface area contributed by atoms with Crippen molar-refractivity contribution in [2.45, 2.75) is 45.6 Å². The molecule has 1 saturated carbocycles. The van der Waals surface area contributed by atoms with Gasteiger partial charge in [0.2, 0.25) is 0 Å². The smallest absolute Gasteiger partial charge is 0.184 e. The van der Waals surface area contributed by atoms with Crippen LogP contribution in [0.4, 0.5) is 5.13 Å². The van der Waals surface area contributed by atoms with E-state index >= 15 is 0 Å². The lowest BCUT2D eigenvalue weighted by molar-refractivity contribution is 0.349. The van der Waals surface area contributed by atoms with Crippen molar-refractivity contribution in [3.05, 3.63) is 23.8 Å². The van der Waals surface area contributed by atoms with Gasteiger partial charge in [0.15, 0.2) is 5.13 Å². The van der Waals surface area contributed by atoms with E-state index in [1.165, 1.54) is 35.9 Å². The summed E-state index contributed by atoms with van der Waals surface area (Å²) in [5.41, 5.74) is 2.43. The topological polar surface area (TPSA) is 24.9 Å². The molecule has 0 amide bonds. The van der Waals surface area contributed by atoms with E-state index in [2.05, 4.69) is 37.4 Å². The summed E-state index contributed by atoms with van der Waals surface area (Å²) in [4.78, 5) is 4.75. The van der Waals surface area contributed by atoms with E-state index in [0.29, 0.717) is 6.04 Å². The predicted octanol–water partition coefficient (Wildman–Crippen LogP) is 4.60. The molecule has 0 bridgehead atoms. The molecule has 0 radical (unpaired) electrons. The molecule has 2 atom stereocenters. The molecule has 1 heterocycles. The minimum Gasteiger partial charge on any atom is -0.358 e. The molecule has 1 N–H and O–H groups in total. The number of hydrogen-bond acceptors (Lipinski definition) is 3. The van der Waals surface area contributed by atoms with Gasteiger partial charge in [0.05, 0.1) is 10.2 Å². The lowest BCUT2D eigenvalue weighted by Gasteiger charge is -2.29. The number of benzene rings is 1. The zero-order valence-corrected chi connectivity index (χ0v) is 11.9. The van der Waals surface area contributed by atoms with E-state index in [0.717, 1.165) is 16.6 Å². The molecule has 1 aliphatic carbocycles. The fraction of sp³-hybridized carbons (Fsp3) is 0.533. The molecular weight excluding hydrogens is 240 g/mol. The van der Waals surface area contributed by atoms with E-state index in [1.54, 1.807) is 11.3 Å². The zero-order chi connectivity index (χ0) is 12.5. The summed E-state index contributed by atoms with van der Waals surface area (Å²) >= 11 is 1.78. The number of nitrogens with one attached hydrogen (secondary N) is 1. The quantitative estimate of drug-likeness (QED) is 0.854. The van der Waals surface area contributed by atoms with Crippen molar-refractivity contribution in [3.63, 3.8) is 0 Å². The Bertz CT molecular complexity index is 546. The molecule has 0 saturated heterocycles. The average Bonchev–Trinajstić information content (AvgIpc) is 2.76. The molecule has 1 aromatic carbocycles. The monoisotopic (exact) mass is 260 g/mol. The summed E-state index contributed by atoms with van der Waals surface area (Å²) < 4.78 is 1.29. The van der Waals surface area contributed by atoms with Gasteiger partial charge in [0, 0.05) is 6.04 Å². The number of aryl methyl sites for hydroxylation is 1. The number of fused-ring (bicyclic) bond motifs is 1. The first-order valence-electron chi connectivity index (χ1n) is 6.87. The Labute approximate surface area is 112 Å². The van der Waals surface area contributed by atoms with E-state index in [1.807, 2.05) is 0 Å². The molecule has 0 aliphatic heterocycles. The van der Waals surface area contributed by atoms with Crippen LogP contribution in [0.1, 0.15) is 38.2 Å². The van der Waals surface area contributed by atoms with Crippen molar-refractivity contribution in [2.75, 3.05) is 5.32 Å². The Morgan fingerprint density at radius 1 is 1.28 bits per heavy atom. The van der Waals surface area contributed by atoms with Gasteiger partial charge in [0.25, 0.3) is 0 Å². The highest BCUT2D eigenvalue weighted by Crippen LogP contribution is 2.31. The lowest BCUT2D eigenvalue weighted by atomic mass is 9.86. The van der Waals surface area contributed by atoms with E-state index in [4.69, 9.17) is 4.98 Å². The van der Waals surface area contributed by atoms with Crippen LogP contribution in [0.5, 0.6) is 0 Å². The van der Waals surface area contributed by atoms with Crippen LogP contribution in [0, 0.1) is 12.8 Å². The first-order valence-corrected chi connectivity index (χ1v) is 7.68. The zero-order valence-electron chi connectivity index (χ0n) is 11.1. The second-order valence-corrected chi connectivity index (χ2v) is 6.48. The molecule has 2 unspecified atom stereocenters. The minimum absolute atomic E-state index is 0.611. The Balaban J connectivity index is 1.84. The van der Waals surface area contributed by atoms with Crippen LogP contribution in [0.2, 0.25) is 0 Å². The molecule has 1 fully saturated rings. The number of aromatic nitrogens is 1. The largest absolute Gasteiger partial charge is 0.358 e. The van der Waals surface area contributed by atoms with Crippen molar-refractivity contribution < 1.29 is 0 Å². The number of thiazole rings is 1. The SMILES string of the molecule is Cc1cccc2sc(NC3CCCCC3C)nc12. The lowest BCUT2D eigenvalue weighted by Crippen LogP contribution is -2.30. The predicted molar refractivity (Wildman–Crippen MR) is 79.4 cm³/mol.